The van der Waals surface area contributed by atoms with Gasteiger partial charge in [-0.1, -0.05) is 19.1 Å². The van der Waals surface area contributed by atoms with E-state index in [0.29, 0.717) is 12.0 Å². The summed E-state index contributed by atoms with van der Waals surface area (Å²) >= 11 is 0. The molecule has 2 rings (SSSR count). The number of aliphatic hydroxyl groups is 1. The van der Waals surface area contributed by atoms with Crippen LogP contribution >= 0.6 is 0 Å². The van der Waals surface area contributed by atoms with Crippen molar-refractivity contribution in [2.24, 2.45) is 0 Å². The van der Waals surface area contributed by atoms with Gasteiger partial charge in [-0.15, -0.1) is 0 Å². The molecule has 18 heavy (non-hydrogen) atoms. The molecular weight excluding hydrogens is 226 g/mol. The molecule has 0 aromatic heterocycles. The molecule has 100 valence electrons. The summed E-state index contributed by atoms with van der Waals surface area (Å²) in [5.74, 6) is 1.39. The summed E-state index contributed by atoms with van der Waals surface area (Å²) in [6.07, 6.45) is 2.57. The highest BCUT2D eigenvalue weighted by molar-refractivity contribution is 5.29. The minimum Gasteiger partial charge on any atom is -0.497 e. The van der Waals surface area contributed by atoms with Gasteiger partial charge in [0, 0.05) is 19.1 Å². The highest BCUT2D eigenvalue weighted by Crippen LogP contribution is 2.29. The molecule has 1 aromatic carbocycles. The van der Waals surface area contributed by atoms with Gasteiger partial charge in [-0.25, -0.2) is 0 Å². The van der Waals surface area contributed by atoms with Crippen LogP contribution in [0.15, 0.2) is 24.3 Å². The van der Waals surface area contributed by atoms with Crippen LogP contribution in [0.3, 0.4) is 0 Å². The molecule has 0 bridgehead atoms. The lowest BCUT2D eigenvalue weighted by Crippen LogP contribution is -2.32. The Kier molecular flexibility index (Phi) is 4.61. The first kappa shape index (κ1) is 13.4. The van der Waals surface area contributed by atoms with Gasteiger partial charge in [0.2, 0.25) is 0 Å². The predicted octanol–water partition coefficient (Wildman–Crippen LogP) is 2.26. The van der Waals surface area contributed by atoms with Gasteiger partial charge >= 0.3 is 0 Å². The number of methoxy groups -OCH3 is 1. The Bertz CT molecular complexity index is 359. The summed E-state index contributed by atoms with van der Waals surface area (Å²) in [4.78, 5) is 2.41. The maximum Gasteiger partial charge on any atom is 0.118 e. The molecule has 1 unspecified atom stereocenters. The third-order valence-corrected chi connectivity index (χ3v) is 3.64. The molecule has 1 fully saturated rings. The lowest BCUT2D eigenvalue weighted by Gasteiger charge is -2.25. The maximum atomic E-state index is 9.11. The van der Waals surface area contributed by atoms with Gasteiger partial charge in [0.1, 0.15) is 5.75 Å². The van der Waals surface area contributed by atoms with Gasteiger partial charge in [-0.2, -0.15) is 0 Å². The van der Waals surface area contributed by atoms with Crippen LogP contribution < -0.4 is 4.74 Å². The van der Waals surface area contributed by atoms with E-state index in [1.54, 1.807) is 7.11 Å². The van der Waals surface area contributed by atoms with E-state index in [-0.39, 0.29) is 6.61 Å². The fourth-order valence-corrected chi connectivity index (χ4v) is 2.38. The highest BCUT2D eigenvalue weighted by Gasteiger charge is 2.29. The minimum absolute atomic E-state index is 0.256. The molecule has 0 aliphatic heterocycles. The molecule has 0 saturated heterocycles. The summed E-state index contributed by atoms with van der Waals surface area (Å²) in [6, 6.07) is 9.00. The number of nitrogens with zero attached hydrogens (tertiary/aromatic N) is 1. The van der Waals surface area contributed by atoms with Gasteiger partial charge in [0.05, 0.1) is 13.7 Å². The fourth-order valence-electron chi connectivity index (χ4n) is 2.38. The molecule has 0 radical (unpaired) electrons. The predicted molar refractivity (Wildman–Crippen MR) is 73.1 cm³/mol. The van der Waals surface area contributed by atoms with Gasteiger partial charge in [-0.05, 0) is 36.5 Å². The van der Waals surface area contributed by atoms with Crippen LogP contribution in [0.5, 0.6) is 5.75 Å². The monoisotopic (exact) mass is 249 g/mol. The molecule has 1 atom stereocenters. The van der Waals surface area contributed by atoms with Crippen LogP contribution in [0.2, 0.25) is 0 Å². The summed E-state index contributed by atoms with van der Waals surface area (Å²) in [6.45, 7) is 4.32. The Balaban J connectivity index is 1.94. The normalized spacial score (nSPS) is 16.9. The van der Waals surface area contributed by atoms with Crippen molar-refractivity contribution >= 4 is 0 Å². The Morgan fingerprint density at radius 1 is 1.33 bits per heavy atom. The molecule has 3 heteroatoms. The molecule has 1 aromatic rings. The van der Waals surface area contributed by atoms with E-state index in [4.69, 9.17) is 9.84 Å². The van der Waals surface area contributed by atoms with E-state index in [1.165, 1.54) is 18.4 Å². The lowest BCUT2D eigenvalue weighted by molar-refractivity contribution is 0.183. The average Bonchev–Trinajstić information content (AvgIpc) is 3.22. The van der Waals surface area contributed by atoms with Crippen molar-refractivity contribution in [1.29, 1.82) is 0 Å². The second-order valence-corrected chi connectivity index (χ2v) is 5.12. The highest BCUT2D eigenvalue weighted by atomic mass is 16.5. The number of aliphatic hydroxyl groups excluding tert-OH is 1. The van der Waals surface area contributed by atoms with Crippen LogP contribution in [0.25, 0.3) is 0 Å². The Labute approximate surface area is 109 Å². The van der Waals surface area contributed by atoms with E-state index in [2.05, 4.69) is 24.0 Å². The Morgan fingerprint density at radius 3 is 2.50 bits per heavy atom. The van der Waals surface area contributed by atoms with Crippen LogP contribution in [0.1, 0.15) is 31.2 Å². The van der Waals surface area contributed by atoms with Crippen LogP contribution in [0.4, 0.5) is 0 Å². The molecule has 1 saturated carbocycles. The van der Waals surface area contributed by atoms with E-state index in [9.17, 15) is 0 Å². The Hall–Kier alpha value is -1.06. The second kappa shape index (κ2) is 6.21. The molecule has 0 spiro atoms. The standard InChI is InChI=1S/C15H23NO2/c1-12(11-16(9-10-17)14-5-6-14)13-3-7-15(18-2)8-4-13/h3-4,7-8,12,14,17H,5-6,9-11H2,1-2H3. The van der Waals surface area contributed by atoms with Crippen molar-refractivity contribution in [2.75, 3.05) is 26.8 Å². The first-order valence-electron chi connectivity index (χ1n) is 6.73. The van der Waals surface area contributed by atoms with Crippen molar-refractivity contribution in [3.05, 3.63) is 29.8 Å². The lowest BCUT2D eigenvalue weighted by atomic mass is 10.0. The molecule has 1 aliphatic rings. The summed E-state index contributed by atoms with van der Waals surface area (Å²) < 4.78 is 5.17. The van der Waals surface area contributed by atoms with E-state index < -0.39 is 0 Å². The van der Waals surface area contributed by atoms with Crippen molar-refractivity contribution in [3.8, 4) is 5.75 Å². The summed E-state index contributed by atoms with van der Waals surface area (Å²) in [7, 11) is 1.69. The van der Waals surface area contributed by atoms with Gasteiger partial charge < -0.3 is 9.84 Å². The fraction of sp³-hybridized carbons (Fsp3) is 0.600. The van der Waals surface area contributed by atoms with E-state index >= 15 is 0 Å². The minimum atomic E-state index is 0.256. The van der Waals surface area contributed by atoms with Gasteiger partial charge in [0.15, 0.2) is 0 Å². The molecule has 3 nitrogen and oxygen atoms in total. The van der Waals surface area contributed by atoms with Crippen LogP contribution in [-0.4, -0.2) is 42.9 Å². The first-order valence-corrected chi connectivity index (χ1v) is 6.73. The second-order valence-electron chi connectivity index (χ2n) is 5.12. The maximum absolute atomic E-state index is 9.11. The third-order valence-electron chi connectivity index (χ3n) is 3.64. The molecular formula is C15H23NO2. The smallest absolute Gasteiger partial charge is 0.118 e. The first-order chi connectivity index (χ1) is 8.74. The van der Waals surface area contributed by atoms with Crippen LogP contribution in [-0.2, 0) is 0 Å². The largest absolute Gasteiger partial charge is 0.497 e. The molecule has 0 heterocycles. The zero-order valence-corrected chi connectivity index (χ0v) is 11.3. The summed E-state index contributed by atoms with van der Waals surface area (Å²) in [5.41, 5.74) is 1.33. The van der Waals surface area contributed by atoms with Crippen molar-refractivity contribution in [2.45, 2.75) is 31.7 Å². The SMILES string of the molecule is COc1ccc(C(C)CN(CCO)C2CC2)cc1. The number of hydrogen-bond donors (Lipinski definition) is 1. The number of hydrogen-bond acceptors (Lipinski definition) is 3. The zero-order chi connectivity index (χ0) is 13.0. The quantitative estimate of drug-likeness (QED) is 0.804. The van der Waals surface area contributed by atoms with E-state index in [0.717, 1.165) is 18.8 Å². The Morgan fingerprint density at radius 2 is 2.00 bits per heavy atom. The van der Waals surface area contributed by atoms with Crippen LogP contribution in [0, 0.1) is 0 Å². The average molecular weight is 249 g/mol. The molecule has 1 aliphatic carbocycles. The van der Waals surface area contributed by atoms with Crippen molar-refractivity contribution < 1.29 is 9.84 Å². The zero-order valence-electron chi connectivity index (χ0n) is 11.3. The topological polar surface area (TPSA) is 32.7 Å². The van der Waals surface area contributed by atoms with Crippen molar-refractivity contribution in [3.63, 3.8) is 0 Å². The number of ether oxygens (including phenoxy) is 1. The summed E-state index contributed by atoms with van der Waals surface area (Å²) in [5, 5.41) is 9.11. The van der Waals surface area contributed by atoms with E-state index in [1.807, 2.05) is 12.1 Å². The molecule has 1 N–H and O–H groups in total. The van der Waals surface area contributed by atoms with Gasteiger partial charge in [-0.3, -0.25) is 4.90 Å². The third kappa shape index (κ3) is 3.47. The molecule has 0 amide bonds. The number of rotatable bonds is 7. The number of benzene rings is 1. The van der Waals surface area contributed by atoms with Crippen molar-refractivity contribution in [1.82, 2.24) is 4.90 Å². The van der Waals surface area contributed by atoms with Gasteiger partial charge in [0.25, 0.3) is 0 Å².